The van der Waals surface area contributed by atoms with Gasteiger partial charge in [-0.15, -0.1) is 0 Å². The number of halogens is 3. The Balaban J connectivity index is 2.25. The summed E-state index contributed by atoms with van der Waals surface area (Å²) < 4.78 is 0.777. The van der Waals surface area contributed by atoms with Gasteiger partial charge in [-0.05, 0) is 29.8 Å². The zero-order valence-electron chi connectivity index (χ0n) is 9.79. The van der Waals surface area contributed by atoms with Gasteiger partial charge in [0.15, 0.2) is 0 Å². The molecule has 2 aromatic rings. The molecular weight excluding hydrogens is 393 g/mol. The van der Waals surface area contributed by atoms with E-state index in [0.29, 0.717) is 15.9 Å². The summed E-state index contributed by atoms with van der Waals surface area (Å²) in [6.45, 7) is 0. The average Bonchev–Trinajstić information content (AvgIpc) is 2.38. The third kappa shape index (κ3) is 3.81. The molecule has 0 saturated carbocycles. The molecule has 0 heterocycles. The molecule has 0 spiro atoms. The van der Waals surface area contributed by atoms with Crippen LogP contribution in [0.1, 0.15) is 15.9 Å². The van der Waals surface area contributed by atoms with Gasteiger partial charge in [0.1, 0.15) is 0 Å². The van der Waals surface area contributed by atoms with Crippen molar-refractivity contribution in [1.29, 1.82) is 0 Å². The van der Waals surface area contributed by atoms with Crippen molar-refractivity contribution in [2.45, 2.75) is 5.33 Å². The van der Waals surface area contributed by atoms with Crippen LogP contribution >= 0.6 is 43.5 Å². The Morgan fingerprint density at radius 2 is 1.95 bits per heavy atom. The highest BCUT2D eigenvalue weighted by Crippen LogP contribution is 2.22. The van der Waals surface area contributed by atoms with Gasteiger partial charge in [0, 0.05) is 26.1 Å². The average molecular weight is 404 g/mol. The Morgan fingerprint density at radius 1 is 1.21 bits per heavy atom. The lowest BCUT2D eigenvalue weighted by atomic mass is 10.1. The van der Waals surface area contributed by atoms with Gasteiger partial charge >= 0.3 is 0 Å². The molecule has 1 amide bonds. The van der Waals surface area contributed by atoms with Gasteiger partial charge in [-0.1, -0.05) is 61.7 Å². The summed E-state index contributed by atoms with van der Waals surface area (Å²) in [6.07, 6.45) is 0. The van der Waals surface area contributed by atoms with Crippen LogP contribution in [0.15, 0.2) is 46.9 Å². The predicted molar refractivity (Wildman–Crippen MR) is 86.2 cm³/mol. The molecule has 0 atom stereocenters. The predicted octanol–water partition coefficient (Wildman–Crippen LogP) is 5.25. The Bertz CT molecular complexity index is 596. The number of nitrogens with one attached hydrogen (secondary N) is 1. The number of benzene rings is 2. The summed E-state index contributed by atoms with van der Waals surface area (Å²) in [5, 5.41) is 4.09. The van der Waals surface area contributed by atoms with E-state index in [0.717, 1.165) is 15.7 Å². The van der Waals surface area contributed by atoms with Crippen LogP contribution in [0.25, 0.3) is 0 Å². The van der Waals surface area contributed by atoms with E-state index in [2.05, 4.69) is 37.2 Å². The first kappa shape index (κ1) is 14.6. The number of amides is 1. The monoisotopic (exact) mass is 401 g/mol. The second-order valence-corrected chi connectivity index (χ2v) is 5.82. The van der Waals surface area contributed by atoms with Gasteiger partial charge in [-0.25, -0.2) is 0 Å². The zero-order chi connectivity index (χ0) is 13.8. The summed E-state index contributed by atoms with van der Waals surface area (Å²) in [6, 6.07) is 12.8. The number of hydrogen-bond donors (Lipinski definition) is 1. The maximum Gasteiger partial charge on any atom is 0.255 e. The minimum absolute atomic E-state index is 0.184. The van der Waals surface area contributed by atoms with Crippen LogP contribution in [-0.2, 0) is 5.33 Å². The van der Waals surface area contributed by atoms with Crippen LogP contribution in [-0.4, -0.2) is 5.91 Å². The Morgan fingerprint density at radius 3 is 2.63 bits per heavy atom. The highest BCUT2D eigenvalue weighted by molar-refractivity contribution is 9.10. The topological polar surface area (TPSA) is 29.1 Å². The number of anilines is 1. The highest BCUT2D eigenvalue weighted by Gasteiger charge is 2.10. The second-order valence-electron chi connectivity index (χ2n) is 3.90. The second kappa shape index (κ2) is 6.55. The van der Waals surface area contributed by atoms with Crippen molar-refractivity contribution in [1.82, 2.24) is 0 Å². The number of hydrogen-bond acceptors (Lipinski definition) is 1. The van der Waals surface area contributed by atoms with Crippen molar-refractivity contribution in [3.8, 4) is 0 Å². The van der Waals surface area contributed by atoms with E-state index in [1.54, 1.807) is 18.2 Å². The van der Waals surface area contributed by atoms with E-state index >= 15 is 0 Å². The van der Waals surface area contributed by atoms with E-state index in [4.69, 9.17) is 11.6 Å². The summed E-state index contributed by atoms with van der Waals surface area (Å²) in [5.74, 6) is -0.184. The first-order chi connectivity index (χ1) is 9.10. The van der Waals surface area contributed by atoms with Gasteiger partial charge in [-0.3, -0.25) is 4.79 Å². The molecule has 0 saturated heterocycles. The van der Waals surface area contributed by atoms with Crippen molar-refractivity contribution < 1.29 is 4.79 Å². The molecule has 5 heteroatoms. The number of carbonyl (C=O) groups excluding carboxylic acids is 1. The molecule has 0 aliphatic rings. The SMILES string of the molecule is O=C(Nc1ccccc1CBr)c1cc(Cl)cc(Br)c1. The number of para-hydroxylation sites is 1. The highest BCUT2D eigenvalue weighted by atomic mass is 79.9. The molecule has 2 rings (SSSR count). The third-order valence-corrected chi connectivity index (χ3v) is 3.81. The quantitative estimate of drug-likeness (QED) is 0.697. The van der Waals surface area contributed by atoms with Crippen LogP contribution in [0.2, 0.25) is 5.02 Å². The maximum atomic E-state index is 12.2. The summed E-state index contributed by atoms with van der Waals surface area (Å²) >= 11 is 12.7. The van der Waals surface area contributed by atoms with E-state index < -0.39 is 0 Å². The molecule has 0 aromatic heterocycles. The van der Waals surface area contributed by atoms with Crippen molar-refractivity contribution in [3.05, 3.63) is 63.1 Å². The molecule has 0 bridgehead atoms. The van der Waals surface area contributed by atoms with Gasteiger partial charge in [0.05, 0.1) is 0 Å². The van der Waals surface area contributed by atoms with Crippen molar-refractivity contribution in [2.75, 3.05) is 5.32 Å². The van der Waals surface area contributed by atoms with Crippen LogP contribution in [0.3, 0.4) is 0 Å². The number of alkyl halides is 1. The Hall–Kier alpha value is -0.840. The number of rotatable bonds is 3. The molecule has 0 unspecified atom stereocenters. The lowest BCUT2D eigenvalue weighted by Crippen LogP contribution is -2.13. The lowest BCUT2D eigenvalue weighted by Gasteiger charge is -2.09. The molecule has 0 fully saturated rings. The largest absolute Gasteiger partial charge is 0.322 e. The summed E-state index contributed by atoms with van der Waals surface area (Å²) in [5.41, 5.74) is 2.33. The van der Waals surface area contributed by atoms with Crippen molar-refractivity contribution >= 4 is 55.1 Å². The fourth-order valence-corrected chi connectivity index (χ4v) is 2.99. The van der Waals surface area contributed by atoms with E-state index in [-0.39, 0.29) is 5.91 Å². The first-order valence-electron chi connectivity index (χ1n) is 5.51. The fourth-order valence-electron chi connectivity index (χ4n) is 1.64. The standard InChI is InChI=1S/C14H10Br2ClNO/c15-8-9-3-1-2-4-13(9)18-14(19)10-5-11(16)7-12(17)6-10/h1-7H,8H2,(H,18,19). The van der Waals surface area contributed by atoms with Gasteiger partial charge in [-0.2, -0.15) is 0 Å². The molecule has 1 N–H and O–H groups in total. The fraction of sp³-hybridized carbons (Fsp3) is 0.0714. The minimum atomic E-state index is -0.184. The Labute approximate surface area is 133 Å². The van der Waals surface area contributed by atoms with E-state index in [1.807, 2.05) is 24.3 Å². The van der Waals surface area contributed by atoms with Crippen molar-refractivity contribution in [3.63, 3.8) is 0 Å². The van der Waals surface area contributed by atoms with Crippen LogP contribution in [0.5, 0.6) is 0 Å². The van der Waals surface area contributed by atoms with Gasteiger partial charge < -0.3 is 5.32 Å². The van der Waals surface area contributed by atoms with Crippen LogP contribution < -0.4 is 5.32 Å². The van der Waals surface area contributed by atoms with E-state index in [1.165, 1.54) is 0 Å². The molecule has 2 aromatic carbocycles. The first-order valence-corrected chi connectivity index (χ1v) is 7.80. The third-order valence-electron chi connectivity index (χ3n) is 2.53. The molecule has 19 heavy (non-hydrogen) atoms. The maximum absolute atomic E-state index is 12.2. The molecule has 0 radical (unpaired) electrons. The minimum Gasteiger partial charge on any atom is -0.322 e. The summed E-state index contributed by atoms with van der Waals surface area (Å²) in [4.78, 5) is 12.2. The molecule has 98 valence electrons. The lowest BCUT2D eigenvalue weighted by molar-refractivity contribution is 0.102. The van der Waals surface area contributed by atoms with Crippen molar-refractivity contribution in [2.24, 2.45) is 0 Å². The molecule has 0 aliphatic heterocycles. The smallest absolute Gasteiger partial charge is 0.255 e. The summed E-state index contributed by atoms with van der Waals surface area (Å²) in [7, 11) is 0. The van der Waals surface area contributed by atoms with Gasteiger partial charge in [0.25, 0.3) is 5.91 Å². The van der Waals surface area contributed by atoms with Gasteiger partial charge in [0.2, 0.25) is 0 Å². The van der Waals surface area contributed by atoms with Crippen LogP contribution in [0, 0.1) is 0 Å². The normalized spacial score (nSPS) is 10.3. The molecule has 2 nitrogen and oxygen atoms in total. The number of carbonyl (C=O) groups is 1. The molecular formula is C14H10Br2ClNO. The van der Waals surface area contributed by atoms with E-state index in [9.17, 15) is 4.79 Å². The molecule has 0 aliphatic carbocycles. The van der Waals surface area contributed by atoms with Crippen LogP contribution in [0.4, 0.5) is 5.69 Å². The Kier molecular flexibility index (Phi) is 5.02. The zero-order valence-corrected chi connectivity index (χ0v) is 13.7.